The Kier molecular flexibility index (Phi) is 9.36. The molecule has 0 unspecified atom stereocenters. The summed E-state index contributed by atoms with van der Waals surface area (Å²) in [4.78, 5) is 31.3. The fraction of sp³-hybridized carbons (Fsp3) is 0.548. The molecule has 4 rings (SSSR count). The Balaban J connectivity index is 1.33. The van der Waals surface area contributed by atoms with Crippen molar-refractivity contribution in [3.05, 3.63) is 71.5 Å². The van der Waals surface area contributed by atoms with Gasteiger partial charge < -0.3 is 15.1 Å². The maximum absolute atomic E-state index is 14.6. The molecule has 0 aliphatic carbocycles. The average Bonchev–Trinajstić information content (AvgIpc) is 2.89. The number of amides is 2. The van der Waals surface area contributed by atoms with Gasteiger partial charge >= 0.3 is 0 Å². The second-order valence-electron chi connectivity index (χ2n) is 11.2. The van der Waals surface area contributed by atoms with Crippen molar-refractivity contribution in [2.45, 2.75) is 83.3 Å². The van der Waals surface area contributed by atoms with Crippen LogP contribution in [0.25, 0.3) is 0 Å². The van der Waals surface area contributed by atoms with Crippen LogP contribution < -0.4 is 5.32 Å². The number of hydrogen-bond acceptors (Lipinski definition) is 3. The van der Waals surface area contributed by atoms with Crippen LogP contribution >= 0.6 is 0 Å². The number of benzene rings is 2. The smallest absolute Gasteiger partial charge is 0.246 e. The number of piperazine rings is 1. The van der Waals surface area contributed by atoms with E-state index in [-0.39, 0.29) is 30.1 Å². The van der Waals surface area contributed by atoms with Gasteiger partial charge in [0.1, 0.15) is 17.4 Å². The molecule has 2 aromatic rings. The quantitative estimate of drug-likeness (QED) is 0.418. The number of unbranched alkanes of at least 4 members (excludes halogenated alkanes) is 3. The molecule has 2 fully saturated rings. The first-order valence-electron chi connectivity index (χ1n) is 14.0. The van der Waals surface area contributed by atoms with Crippen molar-refractivity contribution in [2.75, 3.05) is 19.6 Å². The van der Waals surface area contributed by atoms with Gasteiger partial charge in [-0.2, -0.15) is 0 Å². The molecular formula is C31H42FN3O2. The van der Waals surface area contributed by atoms with Crippen LogP contribution in [0.3, 0.4) is 0 Å². The molecule has 0 aromatic heterocycles. The van der Waals surface area contributed by atoms with Crippen LogP contribution in [0.4, 0.5) is 4.39 Å². The molecule has 1 N–H and O–H groups in total. The van der Waals surface area contributed by atoms with Crippen LogP contribution in [0.5, 0.6) is 0 Å². The van der Waals surface area contributed by atoms with Crippen molar-refractivity contribution in [3.8, 4) is 0 Å². The first-order chi connectivity index (χ1) is 17.9. The number of nitrogens with zero attached hydrogens (tertiary/aromatic N) is 2. The minimum Gasteiger partial charge on any atom is -0.342 e. The lowest BCUT2D eigenvalue weighted by molar-refractivity contribution is -0.162. The number of likely N-dealkylation sites (tertiary alicyclic amines) is 1. The van der Waals surface area contributed by atoms with Gasteiger partial charge in [-0.3, -0.25) is 9.59 Å². The summed E-state index contributed by atoms with van der Waals surface area (Å²) in [6.07, 6.45) is 7.65. The maximum Gasteiger partial charge on any atom is 0.246 e. The second-order valence-corrected chi connectivity index (χ2v) is 11.2. The average molecular weight is 508 g/mol. The first kappa shape index (κ1) is 27.3. The molecule has 200 valence electrons. The summed E-state index contributed by atoms with van der Waals surface area (Å²) in [6, 6.07) is 16.7. The van der Waals surface area contributed by atoms with Gasteiger partial charge in [-0.05, 0) is 62.6 Å². The molecule has 0 radical (unpaired) electrons. The largest absolute Gasteiger partial charge is 0.342 e. The number of halogens is 1. The normalized spacial score (nSPS) is 20.0. The number of nitrogens with one attached hydrogen (secondary N) is 1. The summed E-state index contributed by atoms with van der Waals surface area (Å²) < 4.78 is 14.6. The number of rotatable bonds is 11. The Morgan fingerprint density at radius 2 is 1.62 bits per heavy atom. The monoisotopic (exact) mass is 507 g/mol. The number of hydrogen-bond donors (Lipinski definition) is 1. The number of piperidine rings is 1. The lowest BCUT2D eigenvalue weighted by atomic mass is 9.80. The highest BCUT2D eigenvalue weighted by atomic mass is 19.1. The molecule has 2 aliphatic rings. The number of carbonyl (C=O) groups is 2. The highest BCUT2D eigenvalue weighted by molar-refractivity contribution is 6.00. The molecule has 5 nitrogen and oxygen atoms in total. The Morgan fingerprint density at radius 3 is 2.32 bits per heavy atom. The van der Waals surface area contributed by atoms with Crippen molar-refractivity contribution in [3.63, 3.8) is 0 Å². The topological polar surface area (TPSA) is 52.7 Å². The van der Waals surface area contributed by atoms with Crippen LogP contribution in [0, 0.1) is 11.7 Å². The Bertz CT molecular complexity index is 1030. The second kappa shape index (κ2) is 12.7. The zero-order chi connectivity index (χ0) is 26.3. The van der Waals surface area contributed by atoms with Gasteiger partial charge in [0, 0.05) is 25.2 Å². The van der Waals surface area contributed by atoms with Crippen molar-refractivity contribution >= 4 is 11.8 Å². The number of aryl methyl sites for hydroxylation is 1. The van der Waals surface area contributed by atoms with Crippen LogP contribution in [0.15, 0.2) is 54.6 Å². The molecule has 2 aromatic carbocycles. The predicted octanol–water partition coefficient (Wildman–Crippen LogP) is 5.34. The first-order valence-corrected chi connectivity index (χ1v) is 14.0. The van der Waals surface area contributed by atoms with E-state index in [1.54, 1.807) is 23.1 Å². The number of carbonyl (C=O) groups excluding carboxylic acids is 2. The summed E-state index contributed by atoms with van der Waals surface area (Å²) in [6.45, 7) is 6.78. The predicted molar refractivity (Wildman–Crippen MR) is 145 cm³/mol. The van der Waals surface area contributed by atoms with Gasteiger partial charge in [0.2, 0.25) is 11.8 Å². The Morgan fingerprint density at radius 1 is 0.946 bits per heavy atom. The molecule has 1 spiro atoms. The van der Waals surface area contributed by atoms with Crippen molar-refractivity contribution < 1.29 is 14.0 Å². The highest BCUT2D eigenvalue weighted by Crippen LogP contribution is 2.35. The van der Waals surface area contributed by atoms with E-state index in [1.165, 1.54) is 30.9 Å². The van der Waals surface area contributed by atoms with Gasteiger partial charge in [-0.1, -0.05) is 75.2 Å². The highest BCUT2D eigenvalue weighted by Gasteiger charge is 2.53. The van der Waals surface area contributed by atoms with Gasteiger partial charge in [-0.15, -0.1) is 0 Å². The van der Waals surface area contributed by atoms with E-state index in [0.29, 0.717) is 24.8 Å². The standard InChI is InChI=1S/C31H42FN3O2/c1-24(2)22-28-29(36)35(23-26-15-9-10-16-27(26)32)31(30(37)33-28)17-20-34(21-18-31)19-11-4-3-6-12-25-13-7-5-8-14-25/h5,7-10,13-16,24,28H,3-4,6,11-12,17-23H2,1-2H3,(H,33,37)/t28-/m0/s1. The third-order valence-corrected chi connectivity index (χ3v) is 8.02. The van der Waals surface area contributed by atoms with Crippen LogP contribution in [-0.4, -0.2) is 52.8 Å². The van der Waals surface area contributed by atoms with Crippen LogP contribution in [-0.2, 0) is 22.6 Å². The zero-order valence-corrected chi connectivity index (χ0v) is 22.4. The summed E-state index contributed by atoms with van der Waals surface area (Å²) >= 11 is 0. The van der Waals surface area contributed by atoms with E-state index < -0.39 is 11.6 Å². The maximum atomic E-state index is 14.6. The molecule has 37 heavy (non-hydrogen) atoms. The van der Waals surface area contributed by atoms with Crippen LogP contribution in [0.1, 0.15) is 69.9 Å². The fourth-order valence-corrected chi connectivity index (χ4v) is 5.84. The van der Waals surface area contributed by atoms with E-state index in [4.69, 9.17) is 0 Å². The van der Waals surface area contributed by atoms with E-state index in [0.717, 1.165) is 32.5 Å². The van der Waals surface area contributed by atoms with Crippen molar-refractivity contribution in [2.24, 2.45) is 5.92 Å². The zero-order valence-electron chi connectivity index (χ0n) is 22.4. The lowest BCUT2D eigenvalue weighted by Gasteiger charge is -2.52. The molecular weight excluding hydrogens is 465 g/mol. The van der Waals surface area contributed by atoms with Crippen LogP contribution in [0.2, 0.25) is 0 Å². The molecule has 0 saturated carbocycles. The SMILES string of the molecule is CC(C)C[C@@H]1NC(=O)C2(CCN(CCCCCCc3ccccc3)CC2)N(Cc2ccccc2F)C1=O. The Labute approximate surface area is 221 Å². The summed E-state index contributed by atoms with van der Waals surface area (Å²) in [7, 11) is 0. The van der Waals surface area contributed by atoms with E-state index in [9.17, 15) is 14.0 Å². The third kappa shape index (κ3) is 6.78. The van der Waals surface area contributed by atoms with E-state index in [1.807, 2.05) is 13.8 Å². The van der Waals surface area contributed by atoms with Gasteiger partial charge in [0.15, 0.2) is 0 Å². The minimum absolute atomic E-state index is 0.0744. The molecule has 2 saturated heterocycles. The summed E-state index contributed by atoms with van der Waals surface area (Å²) in [5, 5.41) is 3.04. The fourth-order valence-electron chi connectivity index (χ4n) is 5.84. The molecule has 0 bridgehead atoms. The molecule has 2 heterocycles. The molecule has 1 atom stereocenters. The molecule has 2 amide bonds. The lowest BCUT2D eigenvalue weighted by Crippen LogP contribution is -2.72. The summed E-state index contributed by atoms with van der Waals surface area (Å²) in [5.74, 6) is -0.215. The van der Waals surface area contributed by atoms with E-state index in [2.05, 4.69) is 40.5 Å². The van der Waals surface area contributed by atoms with Gasteiger partial charge in [0.05, 0.1) is 0 Å². The van der Waals surface area contributed by atoms with Crippen molar-refractivity contribution in [1.29, 1.82) is 0 Å². The van der Waals surface area contributed by atoms with Gasteiger partial charge in [-0.25, -0.2) is 4.39 Å². The molecule has 6 heteroatoms. The van der Waals surface area contributed by atoms with Crippen molar-refractivity contribution in [1.82, 2.24) is 15.1 Å². The molecule has 2 aliphatic heterocycles. The third-order valence-electron chi connectivity index (χ3n) is 8.02. The summed E-state index contributed by atoms with van der Waals surface area (Å²) in [5.41, 5.74) is 0.963. The van der Waals surface area contributed by atoms with Gasteiger partial charge in [0.25, 0.3) is 0 Å². The Hall–Kier alpha value is -2.73. The van der Waals surface area contributed by atoms with E-state index >= 15 is 0 Å². The minimum atomic E-state index is -0.904.